The average molecular weight is 565 g/mol. The fourth-order valence-corrected chi connectivity index (χ4v) is 6.15. The minimum atomic E-state index is -2.24. The largest absolute Gasteiger partial charge is 0.515 e. The highest BCUT2D eigenvalue weighted by molar-refractivity contribution is 6.15. The first kappa shape index (κ1) is 31.0. The van der Waals surface area contributed by atoms with Crippen molar-refractivity contribution in [1.82, 2.24) is 0 Å². The van der Waals surface area contributed by atoms with Gasteiger partial charge in [-0.15, -0.1) is 0 Å². The van der Waals surface area contributed by atoms with Gasteiger partial charge in [0.15, 0.2) is 0 Å². The molecule has 0 unspecified atom stereocenters. The average Bonchev–Trinajstić information content (AvgIpc) is 3.56. The highest BCUT2D eigenvalue weighted by atomic mass is 16.6. The van der Waals surface area contributed by atoms with Crippen LogP contribution in [0.1, 0.15) is 58.3 Å². The van der Waals surface area contributed by atoms with Gasteiger partial charge in [-0.05, 0) is 44.1 Å². The summed E-state index contributed by atoms with van der Waals surface area (Å²) in [7, 11) is 2.22. The van der Waals surface area contributed by atoms with Crippen molar-refractivity contribution in [3.8, 4) is 0 Å². The summed E-state index contributed by atoms with van der Waals surface area (Å²) in [6.07, 6.45) is 3.41. The minimum Gasteiger partial charge on any atom is -0.515 e. The van der Waals surface area contributed by atoms with E-state index in [1.807, 2.05) is 0 Å². The van der Waals surface area contributed by atoms with E-state index in [1.165, 1.54) is 19.3 Å². The summed E-state index contributed by atoms with van der Waals surface area (Å²) in [4.78, 5) is 64.4. The number of unbranched alkanes of at least 4 members (excludes halogenated alkanes) is 3. The van der Waals surface area contributed by atoms with E-state index >= 15 is 0 Å². The van der Waals surface area contributed by atoms with Gasteiger partial charge in [-0.2, -0.15) is 0 Å². The Bertz CT molecular complexity index is 1120. The fraction of sp³-hybridized carbons (Fsp3) is 0.607. The Morgan fingerprint density at radius 1 is 1.10 bits per heavy atom. The number of esters is 5. The summed E-state index contributed by atoms with van der Waals surface area (Å²) in [5.74, 6) is -6.11. The van der Waals surface area contributed by atoms with E-state index in [-0.39, 0.29) is 12.0 Å². The van der Waals surface area contributed by atoms with Crippen LogP contribution in [0.3, 0.4) is 0 Å². The van der Waals surface area contributed by atoms with Crippen molar-refractivity contribution >= 4 is 29.8 Å². The lowest BCUT2D eigenvalue weighted by atomic mass is 9.59. The first-order valence-corrected chi connectivity index (χ1v) is 13.3. The molecule has 3 N–H and O–H groups in total. The summed E-state index contributed by atoms with van der Waals surface area (Å²) in [5, 5.41) is 31.8. The number of aliphatic hydroxyl groups excluding tert-OH is 3. The summed E-state index contributed by atoms with van der Waals surface area (Å²) in [6, 6.07) is 0. The quantitative estimate of drug-likeness (QED) is 0.0780. The van der Waals surface area contributed by atoms with Crippen molar-refractivity contribution in [1.29, 1.82) is 0 Å². The van der Waals surface area contributed by atoms with Crippen LogP contribution in [-0.4, -0.2) is 77.7 Å². The molecular formula is C28H36O12. The number of carbonyl (C=O) groups excluding carboxylic acids is 5. The second-order valence-electron chi connectivity index (χ2n) is 10.3. The topological polar surface area (TPSA) is 183 Å². The zero-order valence-electron chi connectivity index (χ0n) is 22.8. The molecule has 3 rings (SSSR count). The van der Waals surface area contributed by atoms with Gasteiger partial charge >= 0.3 is 29.8 Å². The Balaban J connectivity index is 2.09. The maximum Gasteiger partial charge on any atom is 0.346 e. The van der Waals surface area contributed by atoms with Crippen LogP contribution >= 0.6 is 0 Å². The molecule has 0 aromatic rings. The number of aliphatic hydroxyl groups is 3. The number of rotatable bonds is 12. The standard InChI is InChI=1S/C28H36O12/c1-4-5-6-7-9-17-12-18(23(33)39-17)27(25(35)38-3)13-16(22(32)20(30)10-8-11-21(31)37-2)14-28(27)19(15-29)24(34)40-26(28)36/h8,11-12,15-17,20,22,29-30,32H,4-7,9-10,13-14H2,1-3H3/b11-8-,19-15+/t16-,17+,20+,22+,27+,28-/m1/s1. The van der Waals surface area contributed by atoms with Crippen LogP contribution in [0.2, 0.25) is 0 Å². The first-order chi connectivity index (χ1) is 19.0. The lowest BCUT2D eigenvalue weighted by Gasteiger charge is -2.37. The molecule has 0 radical (unpaired) electrons. The Kier molecular flexibility index (Phi) is 9.91. The van der Waals surface area contributed by atoms with Crippen LogP contribution < -0.4 is 0 Å². The molecule has 6 atom stereocenters. The van der Waals surface area contributed by atoms with Crippen molar-refractivity contribution in [2.75, 3.05) is 14.2 Å². The van der Waals surface area contributed by atoms with Gasteiger partial charge in [-0.3, -0.25) is 9.59 Å². The monoisotopic (exact) mass is 564 g/mol. The summed E-state index contributed by atoms with van der Waals surface area (Å²) < 4.78 is 20.0. The van der Waals surface area contributed by atoms with Crippen LogP contribution in [-0.2, 0) is 42.9 Å². The Hall–Kier alpha value is -3.51. The Morgan fingerprint density at radius 2 is 1.82 bits per heavy atom. The number of carbonyl (C=O) groups is 5. The highest BCUT2D eigenvalue weighted by Gasteiger charge is 2.77. The Labute approximate surface area is 231 Å². The van der Waals surface area contributed by atoms with E-state index in [0.29, 0.717) is 12.7 Å². The Morgan fingerprint density at radius 3 is 2.45 bits per heavy atom. The van der Waals surface area contributed by atoms with Gasteiger partial charge in [0, 0.05) is 6.08 Å². The molecule has 40 heavy (non-hydrogen) atoms. The lowest BCUT2D eigenvalue weighted by Crippen LogP contribution is -2.51. The molecule has 2 fully saturated rings. The molecule has 0 aromatic carbocycles. The van der Waals surface area contributed by atoms with Crippen molar-refractivity contribution in [3.05, 3.63) is 35.6 Å². The van der Waals surface area contributed by atoms with E-state index in [4.69, 9.17) is 14.2 Å². The van der Waals surface area contributed by atoms with Crippen LogP contribution in [0, 0.1) is 16.7 Å². The third-order valence-corrected chi connectivity index (χ3v) is 8.08. The van der Waals surface area contributed by atoms with Crippen LogP contribution in [0.25, 0.3) is 0 Å². The third-order valence-electron chi connectivity index (χ3n) is 8.08. The number of hydrogen-bond acceptors (Lipinski definition) is 12. The maximum absolute atomic E-state index is 13.7. The van der Waals surface area contributed by atoms with E-state index < -0.39 is 83.3 Å². The SMILES string of the molecule is CCCCCC[C@H]1C=C([C@]2(C(=O)OC)C[C@@H]([C@H](O)[C@@H](O)C/C=C\C(=O)OC)C[C@@]23C(=O)OC(=O)/C3=C\O)C(=O)O1. The molecule has 1 spiro atoms. The minimum absolute atomic E-state index is 0.193. The van der Waals surface area contributed by atoms with Gasteiger partial charge in [0.1, 0.15) is 16.9 Å². The smallest absolute Gasteiger partial charge is 0.346 e. The molecule has 1 saturated carbocycles. The molecule has 12 nitrogen and oxygen atoms in total. The normalized spacial score (nSPS) is 30.5. The van der Waals surface area contributed by atoms with Crippen molar-refractivity contribution in [2.24, 2.45) is 16.7 Å². The summed E-state index contributed by atoms with van der Waals surface area (Å²) in [5.41, 5.74) is -5.25. The van der Waals surface area contributed by atoms with Gasteiger partial charge < -0.3 is 34.3 Å². The lowest BCUT2D eigenvalue weighted by molar-refractivity contribution is -0.167. The van der Waals surface area contributed by atoms with Crippen molar-refractivity contribution in [3.63, 3.8) is 0 Å². The predicted octanol–water partition coefficient (Wildman–Crippen LogP) is 1.73. The van der Waals surface area contributed by atoms with Gasteiger partial charge in [0.2, 0.25) is 0 Å². The molecule has 0 aromatic heterocycles. The van der Waals surface area contributed by atoms with Crippen LogP contribution in [0.15, 0.2) is 35.6 Å². The molecule has 1 saturated heterocycles. The first-order valence-electron chi connectivity index (χ1n) is 13.3. The van der Waals surface area contributed by atoms with Gasteiger partial charge in [-0.1, -0.05) is 32.3 Å². The van der Waals surface area contributed by atoms with Crippen LogP contribution in [0.4, 0.5) is 0 Å². The molecule has 2 aliphatic heterocycles. The van der Waals surface area contributed by atoms with Crippen molar-refractivity contribution in [2.45, 2.75) is 76.6 Å². The molecule has 0 amide bonds. The van der Waals surface area contributed by atoms with E-state index in [2.05, 4.69) is 11.7 Å². The highest BCUT2D eigenvalue weighted by Crippen LogP contribution is 2.67. The zero-order chi connectivity index (χ0) is 29.7. The van der Waals surface area contributed by atoms with Gasteiger partial charge in [0.25, 0.3) is 0 Å². The van der Waals surface area contributed by atoms with E-state index in [1.54, 1.807) is 0 Å². The zero-order valence-corrected chi connectivity index (χ0v) is 22.8. The molecule has 1 aliphatic carbocycles. The van der Waals surface area contributed by atoms with Crippen molar-refractivity contribution < 1.29 is 58.2 Å². The van der Waals surface area contributed by atoms with E-state index in [9.17, 15) is 39.3 Å². The summed E-state index contributed by atoms with van der Waals surface area (Å²) >= 11 is 0. The summed E-state index contributed by atoms with van der Waals surface area (Å²) in [6.45, 7) is 2.05. The number of cyclic esters (lactones) is 3. The number of methoxy groups -OCH3 is 2. The van der Waals surface area contributed by atoms with Gasteiger partial charge in [-0.25, -0.2) is 14.4 Å². The molecule has 3 aliphatic rings. The molecule has 2 heterocycles. The fourth-order valence-electron chi connectivity index (χ4n) is 6.15. The van der Waals surface area contributed by atoms with E-state index in [0.717, 1.165) is 38.9 Å². The second-order valence-corrected chi connectivity index (χ2v) is 10.3. The third kappa shape index (κ3) is 5.29. The maximum atomic E-state index is 13.7. The number of hydrogen-bond donors (Lipinski definition) is 3. The molecule has 220 valence electrons. The van der Waals surface area contributed by atoms with Crippen LogP contribution in [0.5, 0.6) is 0 Å². The second kappa shape index (κ2) is 12.8. The molecule has 12 heteroatoms. The predicted molar refractivity (Wildman–Crippen MR) is 136 cm³/mol. The number of ether oxygens (including phenoxy) is 4. The molecule has 0 bridgehead atoms. The molecular weight excluding hydrogens is 528 g/mol. The van der Waals surface area contributed by atoms with Gasteiger partial charge in [0.05, 0.1) is 43.8 Å².